The van der Waals surface area contributed by atoms with Gasteiger partial charge in [0, 0.05) is 16.6 Å². The highest BCUT2D eigenvalue weighted by molar-refractivity contribution is 9.10. The lowest BCUT2D eigenvalue weighted by atomic mass is 10.2. The number of halogens is 1. The van der Waals surface area contributed by atoms with Gasteiger partial charge in [-0.15, -0.1) is 0 Å². The largest absolute Gasteiger partial charge is 0.496 e. The third kappa shape index (κ3) is 3.31. The molecule has 78 valence electrons. The third-order valence-electron chi connectivity index (χ3n) is 1.85. The summed E-state index contributed by atoms with van der Waals surface area (Å²) < 4.78 is 11.7. The van der Waals surface area contributed by atoms with Crippen LogP contribution < -0.4 is 4.74 Å². The number of rotatable bonds is 5. The Balaban J connectivity index is 2.67. The lowest BCUT2D eigenvalue weighted by Crippen LogP contribution is -1.97. The molecule has 0 aliphatic rings. The fourth-order valence-corrected chi connectivity index (χ4v) is 1.59. The second-order valence-electron chi connectivity index (χ2n) is 3.01. The minimum atomic E-state index is 0.608. The van der Waals surface area contributed by atoms with Gasteiger partial charge in [0.2, 0.25) is 0 Å². The summed E-state index contributed by atoms with van der Waals surface area (Å²) in [6, 6.07) is 5.92. The minimum absolute atomic E-state index is 0.608. The summed E-state index contributed by atoms with van der Waals surface area (Å²) in [5, 5.41) is 0. The van der Waals surface area contributed by atoms with Gasteiger partial charge in [-0.1, -0.05) is 22.9 Å². The van der Waals surface area contributed by atoms with Crippen molar-refractivity contribution in [3.05, 3.63) is 28.2 Å². The SMILES string of the molecule is CCCOCc1cc(Br)ccc1OC. The van der Waals surface area contributed by atoms with E-state index < -0.39 is 0 Å². The standard InChI is InChI=1S/C11H15BrO2/c1-3-6-14-8-9-7-10(12)4-5-11(9)13-2/h4-5,7H,3,6,8H2,1-2H3. The van der Waals surface area contributed by atoms with Crippen LogP contribution in [-0.4, -0.2) is 13.7 Å². The molecule has 1 aromatic rings. The minimum Gasteiger partial charge on any atom is -0.496 e. The highest BCUT2D eigenvalue weighted by Gasteiger charge is 2.03. The fourth-order valence-electron chi connectivity index (χ4n) is 1.19. The summed E-state index contributed by atoms with van der Waals surface area (Å²) in [5.41, 5.74) is 1.08. The second-order valence-corrected chi connectivity index (χ2v) is 3.92. The van der Waals surface area contributed by atoms with Crippen molar-refractivity contribution < 1.29 is 9.47 Å². The van der Waals surface area contributed by atoms with Gasteiger partial charge in [-0.05, 0) is 24.6 Å². The van der Waals surface area contributed by atoms with Gasteiger partial charge < -0.3 is 9.47 Å². The monoisotopic (exact) mass is 258 g/mol. The number of hydrogen-bond donors (Lipinski definition) is 0. The molecule has 0 aliphatic carbocycles. The number of methoxy groups -OCH3 is 1. The third-order valence-corrected chi connectivity index (χ3v) is 2.34. The van der Waals surface area contributed by atoms with Gasteiger partial charge in [0.05, 0.1) is 13.7 Å². The first-order chi connectivity index (χ1) is 6.77. The summed E-state index contributed by atoms with van der Waals surface area (Å²) >= 11 is 3.42. The van der Waals surface area contributed by atoms with Crippen molar-refractivity contribution in [1.29, 1.82) is 0 Å². The van der Waals surface area contributed by atoms with E-state index in [1.165, 1.54) is 0 Å². The summed E-state index contributed by atoms with van der Waals surface area (Å²) in [7, 11) is 1.67. The molecule has 2 nitrogen and oxygen atoms in total. The van der Waals surface area contributed by atoms with Gasteiger partial charge in [0.1, 0.15) is 5.75 Å². The first kappa shape index (κ1) is 11.5. The van der Waals surface area contributed by atoms with Gasteiger partial charge >= 0.3 is 0 Å². The van der Waals surface area contributed by atoms with E-state index in [0.29, 0.717) is 6.61 Å². The molecule has 0 saturated carbocycles. The second kappa shape index (κ2) is 6.04. The van der Waals surface area contributed by atoms with Crippen molar-refractivity contribution in [2.75, 3.05) is 13.7 Å². The highest BCUT2D eigenvalue weighted by Crippen LogP contribution is 2.23. The predicted molar refractivity (Wildman–Crippen MR) is 60.6 cm³/mol. The van der Waals surface area contributed by atoms with Crippen molar-refractivity contribution in [1.82, 2.24) is 0 Å². The van der Waals surface area contributed by atoms with Crippen LogP contribution in [-0.2, 0) is 11.3 Å². The van der Waals surface area contributed by atoms with E-state index in [2.05, 4.69) is 22.9 Å². The van der Waals surface area contributed by atoms with E-state index in [-0.39, 0.29) is 0 Å². The molecule has 14 heavy (non-hydrogen) atoms. The Kier molecular flexibility index (Phi) is 4.98. The van der Waals surface area contributed by atoms with Crippen LogP contribution in [0.15, 0.2) is 22.7 Å². The zero-order valence-corrected chi connectivity index (χ0v) is 10.1. The first-order valence-corrected chi connectivity index (χ1v) is 5.47. The van der Waals surface area contributed by atoms with Crippen molar-refractivity contribution in [2.24, 2.45) is 0 Å². The summed E-state index contributed by atoms with van der Waals surface area (Å²) in [6.45, 7) is 3.49. The summed E-state index contributed by atoms with van der Waals surface area (Å²) in [6.07, 6.45) is 1.04. The Morgan fingerprint density at radius 1 is 1.36 bits per heavy atom. The average Bonchev–Trinajstić information content (AvgIpc) is 2.19. The molecule has 0 amide bonds. The first-order valence-electron chi connectivity index (χ1n) is 4.68. The van der Waals surface area contributed by atoms with Crippen LogP contribution in [0.4, 0.5) is 0 Å². The van der Waals surface area contributed by atoms with Crippen molar-refractivity contribution >= 4 is 15.9 Å². The van der Waals surface area contributed by atoms with Crippen LogP contribution in [0, 0.1) is 0 Å². The molecular formula is C11H15BrO2. The van der Waals surface area contributed by atoms with Crippen LogP contribution in [0.1, 0.15) is 18.9 Å². The van der Waals surface area contributed by atoms with Crippen molar-refractivity contribution in [3.63, 3.8) is 0 Å². The van der Waals surface area contributed by atoms with E-state index in [1.54, 1.807) is 7.11 Å². The molecule has 0 heterocycles. The molecule has 0 radical (unpaired) electrons. The van der Waals surface area contributed by atoms with Gasteiger partial charge in [-0.3, -0.25) is 0 Å². The molecule has 1 rings (SSSR count). The summed E-state index contributed by atoms with van der Waals surface area (Å²) in [4.78, 5) is 0. The zero-order chi connectivity index (χ0) is 10.4. The molecule has 0 atom stereocenters. The maximum Gasteiger partial charge on any atom is 0.124 e. The molecule has 1 aromatic carbocycles. The Bertz CT molecular complexity index is 287. The zero-order valence-electron chi connectivity index (χ0n) is 8.55. The summed E-state index contributed by atoms with van der Waals surface area (Å²) in [5.74, 6) is 0.879. The molecule has 0 aromatic heterocycles. The molecule has 0 fully saturated rings. The van der Waals surface area contributed by atoms with Crippen LogP contribution in [0.3, 0.4) is 0 Å². The van der Waals surface area contributed by atoms with Gasteiger partial charge in [-0.2, -0.15) is 0 Å². The van der Waals surface area contributed by atoms with E-state index in [4.69, 9.17) is 9.47 Å². The van der Waals surface area contributed by atoms with Crippen LogP contribution in [0.25, 0.3) is 0 Å². The average molecular weight is 259 g/mol. The molecule has 0 N–H and O–H groups in total. The van der Waals surface area contributed by atoms with Crippen molar-refractivity contribution in [2.45, 2.75) is 20.0 Å². The predicted octanol–water partition coefficient (Wildman–Crippen LogP) is 3.38. The topological polar surface area (TPSA) is 18.5 Å². The number of ether oxygens (including phenoxy) is 2. The van der Waals surface area contributed by atoms with Crippen molar-refractivity contribution in [3.8, 4) is 5.75 Å². The molecule has 0 bridgehead atoms. The van der Waals surface area contributed by atoms with E-state index in [0.717, 1.165) is 28.8 Å². The molecule has 0 spiro atoms. The van der Waals surface area contributed by atoms with Gasteiger partial charge in [0.15, 0.2) is 0 Å². The molecule has 0 saturated heterocycles. The smallest absolute Gasteiger partial charge is 0.124 e. The Morgan fingerprint density at radius 3 is 2.79 bits per heavy atom. The Labute approximate surface area is 93.4 Å². The number of hydrogen-bond acceptors (Lipinski definition) is 2. The van der Waals surface area contributed by atoms with Gasteiger partial charge in [-0.25, -0.2) is 0 Å². The molecular weight excluding hydrogens is 244 g/mol. The molecule has 3 heteroatoms. The molecule has 0 unspecified atom stereocenters. The Hall–Kier alpha value is -0.540. The molecule has 0 aliphatic heterocycles. The lowest BCUT2D eigenvalue weighted by Gasteiger charge is -2.09. The highest BCUT2D eigenvalue weighted by atomic mass is 79.9. The Morgan fingerprint density at radius 2 is 2.14 bits per heavy atom. The maximum absolute atomic E-state index is 5.47. The normalized spacial score (nSPS) is 10.2. The fraction of sp³-hybridized carbons (Fsp3) is 0.455. The maximum atomic E-state index is 5.47. The lowest BCUT2D eigenvalue weighted by molar-refractivity contribution is 0.119. The van der Waals surface area contributed by atoms with E-state index in [9.17, 15) is 0 Å². The van der Waals surface area contributed by atoms with Crippen LogP contribution >= 0.6 is 15.9 Å². The van der Waals surface area contributed by atoms with E-state index >= 15 is 0 Å². The van der Waals surface area contributed by atoms with Gasteiger partial charge in [0.25, 0.3) is 0 Å². The quantitative estimate of drug-likeness (QED) is 0.754. The van der Waals surface area contributed by atoms with Crippen LogP contribution in [0.2, 0.25) is 0 Å². The van der Waals surface area contributed by atoms with Crippen LogP contribution in [0.5, 0.6) is 5.75 Å². The van der Waals surface area contributed by atoms with E-state index in [1.807, 2.05) is 18.2 Å². The number of benzene rings is 1.